The van der Waals surface area contributed by atoms with Gasteiger partial charge in [0.1, 0.15) is 12.6 Å². The van der Waals surface area contributed by atoms with Gasteiger partial charge in [0.15, 0.2) is 0 Å². The lowest BCUT2D eigenvalue weighted by molar-refractivity contribution is -0.139. The third-order valence-corrected chi connectivity index (χ3v) is 1.81. The summed E-state index contributed by atoms with van der Waals surface area (Å²) in [7, 11) is 0. The van der Waals surface area contributed by atoms with Crippen molar-refractivity contribution in [3.63, 3.8) is 0 Å². The molecule has 0 saturated heterocycles. The van der Waals surface area contributed by atoms with Crippen LogP contribution in [0.3, 0.4) is 0 Å². The van der Waals surface area contributed by atoms with E-state index in [0.29, 0.717) is 12.8 Å². The normalized spacial score (nSPS) is 11.4. The average molecular weight is 247 g/mol. The molecule has 5 N–H and O–H groups in total. The van der Waals surface area contributed by atoms with Crippen LogP contribution in [0.25, 0.3) is 0 Å². The van der Waals surface area contributed by atoms with E-state index in [4.69, 9.17) is 10.8 Å². The van der Waals surface area contributed by atoms with Crippen molar-refractivity contribution in [2.75, 3.05) is 13.2 Å². The van der Waals surface area contributed by atoms with E-state index >= 15 is 0 Å². The van der Waals surface area contributed by atoms with Gasteiger partial charge in [-0.05, 0) is 6.42 Å². The fraction of sp³-hybridized carbons (Fsp3) is 0.667. The predicted molar refractivity (Wildman–Crippen MR) is 58.4 cm³/mol. The second-order valence-corrected chi connectivity index (χ2v) is 3.25. The number of nitrogens with two attached hydrogens (primary N) is 1. The van der Waals surface area contributed by atoms with E-state index in [9.17, 15) is 14.4 Å². The molecule has 8 heteroatoms. The van der Waals surface area contributed by atoms with Gasteiger partial charge in [-0.2, -0.15) is 0 Å². The number of amides is 3. The van der Waals surface area contributed by atoms with E-state index < -0.39 is 24.1 Å². The van der Waals surface area contributed by atoms with Gasteiger partial charge in [-0.3, -0.25) is 0 Å². The molecule has 0 rings (SSSR count). The third kappa shape index (κ3) is 7.88. The van der Waals surface area contributed by atoms with Crippen LogP contribution < -0.4 is 16.4 Å². The molecule has 0 aromatic heterocycles. The lowest BCUT2D eigenvalue weighted by Crippen LogP contribution is -2.46. The Labute approximate surface area is 98.5 Å². The van der Waals surface area contributed by atoms with Gasteiger partial charge in [0.2, 0.25) is 0 Å². The van der Waals surface area contributed by atoms with E-state index in [1.165, 1.54) is 0 Å². The first-order chi connectivity index (χ1) is 7.97. The summed E-state index contributed by atoms with van der Waals surface area (Å²) in [5, 5.41) is 13.4. The number of carbonyl (C=O) groups is 3. The third-order valence-electron chi connectivity index (χ3n) is 1.81. The van der Waals surface area contributed by atoms with Crippen molar-refractivity contribution in [1.29, 1.82) is 0 Å². The molecular formula is C9H17N3O5. The monoisotopic (exact) mass is 247 g/mol. The van der Waals surface area contributed by atoms with E-state index in [2.05, 4.69) is 15.4 Å². The summed E-state index contributed by atoms with van der Waals surface area (Å²) in [6.45, 7) is 1.82. The average Bonchev–Trinajstić information content (AvgIpc) is 2.23. The molecule has 1 atom stereocenters. The molecule has 98 valence electrons. The second-order valence-electron chi connectivity index (χ2n) is 3.25. The number of rotatable bonds is 7. The Morgan fingerprint density at radius 3 is 2.53 bits per heavy atom. The number of carboxylic acids is 1. The molecule has 0 radical (unpaired) electrons. The molecule has 8 nitrogen and oxygen atoms in total. The topological polar surface area (TPSA) is 131 Å². The van der Waals surface area contributed by atoms with E-state index in [1.807, 2.05) is 6.92 Å². The lowest BCUT2D eigenvalue weighted by atomic mass is 10.2. The molecule has 3 amide bonds. The minimum Gasteiger partial charge on any atom is -0.480 e. The Morgan fingerprint density at radius 1 is 1.41 bits per heavy atom. The standard InChI is InChI=1S/C9H17N3O5/c1-2-3-6(7(13)14)12-9(16)11-4-5-17-8(10)15/h6H,2-5H2,1H3,(H2,10,15)(H,13,14)(H2,11,12,16)/t6-/m0/s1. The molecule has 0 bridgehead atoms. The Morgan fingerprint density at radius 2 is 2.06 bits per heavy atom. The Hall–Kier alpha value is -1.99. The number of carbonyl (C=O) groups excluding carboxylic acids is 2. The number of carboxylic acid groups (broad SMARTS) is 1. The van der Waals surface area contributed by atoms with Crippen molar-refractivity contribution in [3.05, 3.63) is 0 Å². The van der Waals surface area contributed by atoms with Gasteiger partial charge in [0.25, 0.3) is 0 Å². The molecule has 0 aliphatic carbocycles. The van der Waals surface area contributed by atoms with Crippen LogP contribution in [0.4, 0.5) is 9.59 Å². The van der Waals surface area contributed by atoms with Gasteiger partial charge in [0, 0.05) is 0 Å². The largest absolute Gasteiger partial charge is 0.480 e. The number of primary amides is 1. The molecule has 0 saturated carbocycles. The number of hydrogen-bond acceptors (Lipinski definition) is 4. The summed E-state index contributed by atoms with van der Waals surface area (Å²) in [6, 6.07) is -1.55. The van der Waals surface area contributed by atoms with Crippen LogP contribution in [0.2, 0.25) is 0 Å². The molecule has 0 fully saturated rings. The number of hydrogen-bond donors (Lipinski definition) is 4. The number of ether oxygens (including phenoxy) is 1. The molecule has 0 heterocycles. The smallest absolute Gasteiger partial charge is 0.404 e. The van der Waals surface area contributed by atoms with E-state index in [-0.39, 0.29) is 13.2 Å². The van der Waals surface area contributed by atoms with E-state index in [0.717, 1.165) is 0 Å². The van der Waals surface area contributed by atoms with Crippen molar-refractivity contribution in [3.8, 4) is 0 Å². The van der Waals surface area contributed by atoms with Crippen LogP contribution in [0.15, 0.2) is 0 Å². The maximum atomic E-state index is 11.2. The summed E-state index contributed by atoms with van der Waals surface area (Å²) in [5.41, 5.74) is 4.70. The van der Waals surface area contributed by atoms with Crippen LogP contribution in [-0.2, 0) is 9.53 Å². The zero-order valence-electron chi connectivity index (χ0n) is 9.56. The highest BCUT2D eigenvalue weighted by atomic mass is 16.5. The number of nitrogens with one attached hydrogen (secondary N) is 2. The Balaban J connectivity index is 3.82. The zero-order valence-corrected chi connectivity index (χ0v) is 9.56. The summed E-state index contributed by atoms with van der Waals surface area (Å²) >= 11 is 0. The van der Waals surface area contributed by atoms with Crippen LogP contribution in [0, 0.1) is 0 Å². The van der Waals surface area contributed by atoms with Crippen LogP contribution >= 0.6 is 0 Å². The highest BCUT2D eigenvalue weighted by Gasteiger charge is 2.18. The molecule has 0 aliphatic heterocycles. The van der Waals surface area contributed by atoms with Crippen LogP contribution in [0.5, 0.6) is 0 Å². The van der Waals surface area contributed by atoms with Gasteiger partial charge in [-0.1, -0.05) is 13.3 Å². The fourth-order valence-corrected chi connectivity index (χ4v) is 1.07. The van der Waals surface area contributed by atoms with Gasteiger partial charge in [-0.15, -0.1) is 0 Å². The minimum atomic E-state index is -1.09. The highest BCUT2D eigenvalue weighted by Crippen LogP contribution is 1.96. The second kappa shape index (κ2) is 8.20. The zero-order chi connectivity index (χ0) is 13.3. The van der Waals surface area contributed by atoms with Gasteiger partial charge in [-0.25, -0.2) is 14.4 Å². The maximum absolute atomic E-state index is 11.2. The summed E-state index contributed by atoms with van der Waals surface area (Å²) in [5.74, 6) is -1.09. The number of urea groups is 1. The maximum Gasteiger partial charge on any atom is 0.404 e. The lowest BCUT2D eigenvalue weighted by Gasteiger charge is -2.14. The fourth-order valence-electron chi connectivity index (χ4n) is 1.07. The van der Waals surface area contributed by atoms with E-state index in [1.54, 1.807) is 0 Å². The summed E-state index contributed by atoms with van der Waals surface area (Å²) in [6.07, 6.45) is 0.0596. The number of aliphatic carboxylic acids is 1. The van der Waals surface area contributed by atoms with Gasteiger partial charge >= 0.3 is 18.1 Å². The van der Waals surface area contributed by atoms with Crippen molar-refractivity contribution >= 4 is 18.1 Å². The van der Waals surface area contributed by atoms with Crippen LogP contribution in [-0.4, -0.2) is 42.4 Å². The van der Waals surface area contributed by atoms with Crippen molar-refractivity contribution in [2.24, 2.45) is 5.73 Å². The quantitative estimate of drug-likeness (QED) is 0.456. The first-order valence-electron chi connectivity index (χ1n) is 5.16. The van der Waals surface area contributed by atoms with Gasteiger partial charge < -0.3 is 26.2 Å². The predicted octanol–water partition coefficient (Wildman–Crippen LogP) is -0.366. The van der Waals surface area contributed by atoms with Crippen LogP contribution in [0.1, 0.15) is 19.8 Å². The summed E-state index contributed by atoms with van der Waals surface area (Å²) in [4.78, 5) is 32.1. The van der Waals surface area contributed by atoms with Crippen molar-refractivity contribution < 1.29 is 24.2 Å². The Kier molecular flexibility index (Phi) is 7.24. The molecule has 0 spiro atoms. The summed E-state index contributed by atoms with van der Waals surface area (Å²) < 4.78 is 4.37. The minimum absolute atomic E-state index is 0.0612. The van der Waals surface area contributed by atoms with Crippen molar-refractivity contribution in [1.82, 2.24) is 10.6 Å². The molecule has 0 aromatic carbocycles. The van der Waals surface area contributed by atoms with Gasteiger partial charge in [0.05, 0.1) is 6.54 Å². The molecule has 0 aromatic rings. The SMILES string of the molecule is CCC[C@H](NC(=O)NCCOC(N)=O)C(=O)O. The molecule has 0 unspecified atom stereocenters. The first-order valence-corrected chi connectivity index (χ1v) is 5.16. The first kappa shape index (κ1) is 15.0. The molecule has 17 heavy (non-hydrogen) atoms. The van der Waals surface area contributed by atoms with Crippen molar-refractivity contribution in [2.45, 2.75) is 25.8 Å². The highest BCUT2D eigenvalue weighted by molar-refractivity contribution is 5.82. The molecular weight excluding hydrogens is 230 g/mol. The molecule has 0 aliphatic rings. The Bertz CT molecular complexity index is 282.